The van der Waals surface area contributed by atoms with E-state index in [1.807, 2.05) is 0 Å². The average Bonchev–Trinajstić information content (AvgIpc) is 2.77. The Morgan fingerprint density at radius 3 is 0.733 bits per heavy atom. The molecule has 0 fully saturated rings. The van der Waals surface area contributed by atoms with Gasteiger partial charge in [0.05, 0.1) is 0 Å². The zero-order valence-electron chi connectivity index (χ0n) is 16.0. The largest absolute Gasteiger partial charge is 0.144 e. The smallest absolute Gasteiger partial charge is 0.0620 e. The van der Waals surface area contributed by atoms with Crippen LogP contribution in [0, 0.1) is 0 Å². The van der Waals surface area contributed by atoms with Gasteiger partial charge >= 0.3 is 41.2 Å². The molecule has 0 nitrogen and oxygen atoms in total. The van der Waals surface area contributed by atoms with Crippen LogP contribution in [0.15, 0.2) is 121 Å². The number of thiol groups is 1. The Morgan fingerprint density at radius 1 is 0.400 bits per heavy atom. The van der Waals surface area contributed by atoms with Gasteiger partial charge in [0.15, 0.2) is 0 Å². The molecule has 30 heavy (non-hydrogen) atoms. The summed E-state index contributed by atoms with van der Waals surface area (Å²) < 4.78 is 0. The van der Waals surface area contributed by atoms with Crippen molar-refractivity contribution in [1.82, 2.24) is 0 Å². The van der Waals surface area contributed by atoms with E-state index in [2.05, 4.69) is 151 Å². The Balaban J connectivity index is 0.000000591. The molecule has 153 valence electrons. The minimum atomic E-state index is -1.91. The Morgan fingerprint density at radius 2 is 0.567 bits per heavy atom. The van der Waals surface area contributed by atoms with Crippen LogP contribution in [-0.4, -0.2) is 0 Å². The third-order valence-electron chi connectivity index (χ3n) is 4.57. The fourth-order valence-electron chi connectivity index (χ4n) is 3.50. The third-order valence-corrected chi connectivity index (χ3v) is 8.86. The van der Waals surface area contributed by atoms with E-state index in [1.165, 1.54) is 21.2 Å². The second-order valence-corrected chi connectivity index (χ2v) is 23.3. The SMILES string of the molecule is [SH-].[S]=[Re](=[S])=[S].c1ccc([P+](c2ccccc2)(c2ccccc2)c2ccccc2)cc1. The van der Waals surface area contributed by atoms with Crippen molar-refractivity contribution in [3.63, 3.8) is 0 Å². The molecule has 0 aromatic heterocycles. The molecule has 0 bridgehead atoms. The Kier molecular flexibility index (Phi) is 10.7. The van der Waals surface area contributed by atoms with Gasteiger partial charge in [-0.2, -0.15) is 0 Å². The van der Waals surface area contributed by atoms with Gasteiger partial charge in [0.2, 0.25) is 0 Å². The maximum absolute atomic E-state index is 4.44. The fourth-order valence-corrected chi connectivity index (χ4v) is 7.77. The molecule has 0 saturated heterocycles. The van der Waals surface area contributed by atoms with Gasteiger partial charge in [0, 0.05) is 0 Å². The van der Waals surface area contributed by atoms with Crippen molar-refractivity contribution in [3.8, 4) is 0 Å². The van der Waals surface area contributed by atoms with Gasteiger partial charge in [0.25, 0.3) is 0 Å². The van der Waals surface area contributed by atoms with E-state index in [9.17, 15) is 0 Å². The van der Waals surface area contributed by atoms with Crippen molar-refractivity contribution in [2.24, 2.45) is 0 Å². The van der Waals surface area contributed by atoms with Gasteiger partial charge in [-0.3, -0.25) is 0 Å². The second kappa shape index (κ2) is 12.7. The summed E-state index contributed by atoms with van der Waals surface area (Å²) in [5, 5.41) is 5.55. The van der Waals surface area contributed by atoms with Gasteiger partial charge in [-0.05, 0) is 48.5 Å². The Hall–Kier alpha value is -1.02. The van der Waals surface area contributed by atoms with Crippen LogP contribution in [0.5, 0.6) is 0 Å². The molecule has 0 N–H and O–H groups in total. The molecule has 4 rings (SSSR count). The van der Waals surface area contributed by atoms with Gasteiger partial charge in [-0.25, -0.2) is 0 Å². The summed E-state index contributed by atoms with van der Waals surface area (Å²) >= 11 is -1.71. The molecule has 0 aliphatic heterocycles. The predicted octanol–water partition coefficient (Wildman–Crippen LogP) is 5.98. The van der Waals surface area contributed by atoms with Gasteiger partial charge < -0.3 is 13.5 Å². The first-order valence-corrected chi connectivity index (χ1v) is 21.7. The first kappa shape index (κ1) is 25.2. The fraction of sp³-hybridized carbons (Fsp3) is 0. The summed E-state index contributed by atoms with van der Waals surface area (Å²) in [5.74, 6) is 0. The van der Waals surface area contributed by atoms with E-state index in [4.69, 9.17) is 0 Å². The minimum absolute atomic E-state index is 0. The third kappa shape index (κ3) is 6.03. The van der Waals surface area contributed by atoms with Crippen molar-refractivity contribution in [1.29, 1.82) is 0 Å². The van der Waals surface area contributed by atoms with Crippen LogP contribution in [0.3, 0.4) is 0 Å². The summed E-state index contributed by atoms with van der Waals surface area (Å²) in [6, 6.07) is 43.8. The maximum Gasteiger partial charge on any atom is 0.144 e. The molecule has 4 aromatic rings. The van der Waals surface area contributed by atoms with Gasteiger partial charge in [0.1, 0.15) is 28.5 Å². The molecule has 0 radical (unpaired) electrons. The molecule has 0 unspecified atom stereocenters. The van der Waals surface area contributed by atoms with Crippen LogP contribution < -0.4 is 21.2 Å². The van der Waals surface area contributed by atoms with Gasteiger partial charge in [-0.15, -0.1) is 0 Å². The summed E-state index contributed by atoms with van der Waals surface area (Å²) in [4.78, 5) is 0. The zero-order valence-corrected chi connectivity index (χ0v) is 23.0. The molecule has 0 saturated carbocycles. The van der Waals surface area contributed by atoms with Crippen LogP contribution in [0.4, 0.5) is 0 Å². The van der Waals surface area contributed by atoms with Crippen molar-refractivity contribution in [2.75, 3.05) is 0 Å². The van der Waals surface area contributed by atoms with Crippen molar-refractivity contribution >= 4 is 71.8 Å². The van der Waals surface area contributed by atoms with Crippen LogP contribution >= 0.6 is 37.1 Å². The van der Waals surface area contributed by atoms with Crippen molar-refractivity contribution in [2.45, 2.75) is 0 Å². The van der Waals surface area contributed by atoms with Crippen molar-refractivity contribution < 1.29 is 11.4 Å². The molecular weight excluding hydrogens is 634 g/mol. The number of benzene rings is 4. The Labute approximate surface area is 203 Å². The summed E-state index contributed by atoms with van der Waals surface area (Å²) in [6.07, 6.45) is 0. The molecular formula is C24H21PReS4. The second-order valence-electron chi connectivity index (χ2n) is 6.20. The first-order valence-electron chi connectivity index (χ1n) is 9.00. The van der Waals surface area contributed by atoms with E-state index in [0.717, 1.165) is 0 Å². The van der Waals surface area contributed by atoms with E-state index in [-0.39, 0.29) is 13.5 Å². The first-order chi connectivity index (χ1) is 14.2. The van der Waals surface area contributed by atoms with E-state index in [0.29, 0.717) is 0 Å². The molecule has 0 atom stereocenters. The summed E-state index contributed by atoms with van der Waals surface area (Å²) in [6.45, 7) is 0. The summed E-state index contributed by atoms with van der Waals surface area (Å²) in [5.41, 5.74) is 0. The number of hydrogen-bond donors (Lipinski definition) is 0. The van der Waals surface area contributed by atoms with E-state index >= 15 is 0 Å². The molecule has 4 aromatic carbocycles. The van der Waals surface area contributed by atoms with Crippen LogP contribution in [0.2, 0.25) is 0 Å². The normalized spacial score (nSPS) is 10.1. The monoisotopic (exact) mass is 655 g/mol. The topological polar surface area (TPSA) is 0 Å². The van der Waals surface area contributed by atoms with Crippen LogP contribution in [0.1, 0.15) is 0 Å². The predicted molar refractivity (Wildman–Crippen MR) is 143 cm³/mol. The Bertz CT molecular complexity index is 966. The van der Waals surface area contributed by atoms with E-state index in [1.54, 1.807) is 0 Å². The molecule has 0 aliphatic carbocycles. The minimum Gasteiger partial charge on any atom is -0.0620 e. The maximum atomic E-state index is 4.44. The van der Waals surface area contributed by atoms with Crippen LogP contribution in [-0.2, 0) is 24.9 Å². The average molecular weight is 655 g/mol. The summed E-state index contributed by atoms with van der Waals surface area (Å²) in [7, 11) is 11.4. The molecule has 0 amide bonds. The standard InChI is InChI=1S/C24H20P.Re.H2S.3S/c1-5-13-21(14-6-1)25(22-15-7-2-8-16-22,23-17-9-3-10-18-23)24-19-11-4-12-20-24;;;;;/h1-20H;;1H2;;;/q+1;;;;;/p-1. The van der Waals surface area contributed by atoms with E-state index < -0.39 is 18.7 Å². The quantitative estimate of drug-likeness (QED) is 0.151. The molecule has 0 spiro atoms. The zero-order chi connectivity index (χ0) is 20.5. The van der Waals surface area contributed by atoms with Crippen molar-refractivity contribution in [3.05, 3.63) is 121 Å². The molecule has 6 heteroatoms. The van der Waals surface area contributed by atoms with Crippen LogP contribution in [0.25, 0.3) is 0 Å². The molecule has 0 aliphatic rings. The number of rotatable bonds is 4. The molecule has 0 heterocycles. The number of hydrogen-bond acceptors (Lipinski definition) is 4. The van der Waals surface area contributed by atoms with Gasteiger partial charge in [-0.1, -0.05) is 72.8 Å².